The van der Waals surface area contributed by atoms with E-state index in [4.69, 9.17) is 31.1 Å². The van der Waals surface area contributed by atoms with Gasteiger partial charge in [-0.2, -0.15) is 9.83 Å². The maximum atomic E-state index is 11.8. The minimum atomic E-state index is -0.739. The third-order valence-electron chi connectivity index (χ3n) is 4.87. The fourth-order valence-electron chi connectivity index (χ4n) is 3.11. The van der Waals surface area contributed by atoms with Gasteiger partial charge in [-0.05, 0) is 64.3 Å². The van der Waals surface area contributed by atoms with Crippen LogP contribution in [-0.2, 0) is 21.0 Å². The number of nitriles is 1. The van der Waals surface area contributed by atoms with Crippen LogP contribution in [0.15, 0.2) is 53.8 Å². The second-order valence-electron chi connectivity index (χ2n) is 9.41. The number of hydrogen-bond donors (Lipinski definition) is 3. The molecule has 13 heteroatoms. The van der Waals surface area contributed by atoms with E-state index in [1.165, 1.54) is 0 Å². The molecule has 0 aliphatic carbocycles. The molecule has 1 aromatic heterocycles. The van der Waals surface area contributed by atoms with Crippen LogP contribution in [0.5, 0.6) is 5.75 Å². The molecule has 0 radical (unpaired) electrons. The lowest BCUT2D eigenvalue weighted by Crippen LogP contribution is -3.00. The summed E-state index contributed by atoms with van der Waals surface area (Å²) < 4.78 is 17.5. The number of esters is 1. The molecule has 1 aromatic carbocycles. The average molecular weight is 687 g/mol. The molecule has 0 aliphatic rings. The highest BCUT2D eigenvalue weighted by molar-refractivity contribution is 6.30. The number of unbranched alkanes of at least 4 members (excludes halogenated alkanes) is 3. The Balaban J connectivity index is 0.00000800. The number of alkyl carbamates (subject to hydrolysis) is 1. The van der Waals surface area contributed by atoms with Crippen LogP contribution in [0.3, 0.4) is 0 Å². The summed E-state index contributed by atoms with van der Waals surface area (Å²) in [5, 5.41) is 17.7. The summed E-state index contributed by atoms with van der Waals surface area (Å²) in [5.41, 5.74) is 0.0676. The molecule has 11 nitrogen and oxygen atoms in total. The summed E-state index contributed by atoms with van der Waals surface area (Å²) in [4.78, 5) is 27.9. The predicted octanol–water partition coefficient (Wildman–Crippen LogP) is 1.13. The lowest BCUT2D eigenvalue weighted by atomic mass is 10.2. The van der Waals surface area contributed by atoms with Gasteiger partial charge in [0, 0.05) is 23.7 Å². The number of guanidine groups is 1. The number of pyridine rings is 1. The van der Waals surface area contributed by atoms with Gasteiger partial charge in [-0.1, -0.05) is 18.0 Å². The zero-order chi connectivity index (χ0) is 28.5. The van der Waals surface area contributed by atoms with Crippen LogP contribution in [0.4, 0.5) is 10.5 Å². The molecule has 0 saturated heterocycles. The third kappa shape index (κ3) is 15.9. The van der Waals surface area contributed by atoms with Gasteiger partial charge >= 0.3 is 12.1 Å². The summed E-state index contributed by atoms with van der Waals surface area (Å²) in [6.07, 6.45) is 8.35. The minimum Gasteiger partial charge on any atom is -1.00 e. The predicted molar refractivity (Wildman–Crippen MR) is 147 cm³/mol. The highest BCUT2D eigenvalue weighted by atomic mass is 127. The quantitative estimate of drug-likeness (QED) is 0.0417. The van der Waals surface area contributed by atoms with Gasteiger partial charge in [-0.3, -0.25) is 15.1 Å². The standard InChI is InChI=1S/C27H35ClN6O5.HI/c1-27(2,3)39-24(35)18-31-26(36)38-20-34-15-12-22(13-16-34)33-25(32-19-29)30-14-6-4-5-7-17-37-23-10-8-21(28)9-11-23;/h8-13,15-16H,4-7,14,17-18,20H2,1-3H3,(H2,30,31,32,36);1H. The van der Waals surface area contributed by atoms with Crippen molar-refractivity contribution in [1.29, 1.82) is 5.26 Å². The van der Waals surface area contributed by atoms with Crippen molar-refractivity contribution in [3.63, 3.8) is 0 Å². The number of rotatable bonds is 13. The van der Waals surface area contributed by atoms with E-state index in [1.54, 1.807) is 62.0 Å². The molecule has 2 rings (SSSR count). The topological polar surface area (TPSA) is 138 Å². The second kappa shape index (κ2) is 18.9. The van der Waals surface area contributed by atoms with Crippen molar-refractivity contribution in [3.8, 4) is 11.9 Å². The van der Waals surface area contributed by atoms with E-state index < -0.39 is 17.7 Å². The number of aliphatic imine (C=N–C) groups is 1. The molecular formula is C27H36ClIN6O5. The van der Waals surface area contributed by atoms with Gasteiger partial charge in [0.15, 0.2) is 18.6 Å². The number of halogens is 2. The molecule has 0 unspecified atom stereocenters. The first kappa shape index (κ1) is 34.7. The second-order valence-corrected chi connectivity index (χ2v) is 9.85. The van der Waals surface area contributed by atoms with Crippen molar-refractivity contribution in [3.05, 3.63) is 53.8 Å². The minimum absolute atomic E-state index is 0. The molecular weight excluding hydrogens is 651 g/mol. The number of aromatic nitrogens is 1. The highest BCUT2D eigenvalue weighted by Crippen LogP contribution is 2.16. The number of ether oxygens (including phenoxy) is 3. The van der Waals surface area contributed by atoms with Crippen LogP contribution in [0.25, 0.3) is 0 Å². The molecule has 0 aliphatic heterocycles. The van der Waals surface area contributed by atoms with Crippen molar-refractivity contribution < 1.29 is 52.3 Å². The number of carbonyl (C=O) groups is 2. The molecule has 0 bridgehead atoms. The lowest BCUT2D eigenvalue weighted by molar-refractivity contribution is -0.727. The number of anilines is 1. The fraction of sp³-hybridized carbons (Fsp3) is 0.444. The zero-order valence-electron chi connectivity index (χ0n) is 22.9. The Morgan fingerprint density at radius 2 is 1.73 bits per heavy atom. The number of nitrogens with zero attached hydrogens (tertiary/aromatic N) is 3. The van der Waals surface area contributed by atoms with Gasteiger partial charge in [0.1, 0.15) is 17.9 Å². The number of nitrogens with one attached hydrogen (secondary N) is 3. The molecule has 0 saturated carbocycles. The van der Waals surface area contributed by atoms with E-state index in [9.17, 15) is 9.59 Å². The van der Waals surface area contributed by atoms with Crippen molar-refractivity contribution in [1.82, 2.24) is 10.6 Å². The first-order valence-electron chi connectivity index (χ1n) is 12.6. The normalized spacial score (nSPS) is 10.9. The van der Waals surface area contributed by atoms with Crippen LogP contribution in [-0.4, -0.2) is 43.3 Å². The number of hydrogen-bond acceptors (Lipinski definition) is 7. The van der Waals surface area contributed by atoms with Gasteiger partial charge in [0.25, 0.3) is 6.73 Å². The van der Waals surface area contributed by atoms with Crippen LogP contribution in [0.1, 0.15) is 46.5 Å². The summed E-state index contributed by atoms with van der Waals surface area (Å²) in [5.74, 6) is 0.604. The van der Waals surface area contributed by atoms with Gasteiger partial charge in [0.2, 0.25) is 5.96 Å². The fourth-order valence-corrected chi connectivity index (χ4v) is 3.24. The van der Waals surface area contributed by atoms with Crippen molar-refractivity contribution in [2.75, 3.05) is 25.0 Å². The molecule has 1 heterocycles. The third-order valence-corrected chi connectivity index (χ3v) is 5.13. The number of benzene rings is 1. The summed E-state index contributed by atoms with van der Waals surface area (Å²) in [7, 11) is 0. The maximum Gasteiger partial charge on any atom is 0.412 e. The zero-order valence-corrected chi connectivity index (χ0v) is 25.8. The molecule has 0 fully saturated rings. The first-order valence-corrected chi connectivity index (χ1v) is 13.0. The highest BCUT2D eigenvalue weighted by Gasteiger charge is 2.17. The van der Waals surface area contributed by atoms with Crippen LogP contribution in [0, 0.1) is 11.5 Å². The Labute approximate surface area is 257 Å². The van der Waals surface area contributed by atoms with Crippen molar-refractivity contribution in [2.24, 2.45) is 4.99 Å². The smallest absolute Gasteiger partial charge is 0.412 e. The molecule has 0 spiro atoms. The lowest BCUT2D eigenvalue weighted by Gasteiger charge is -2.19. The van der Waals surface area contributed by atoms with E-state index >= 15 is 0 Å². The van der Waals surface area contributed by atoms with Gasteiger partial charge in [-0.15, -0.1) is 0 Å². The Morgan fingerprint density at radius 3 is 2.38 bits per heavy atom. The van der Waals surface area contributed by atoms with Crippen LogP contribution >= 0.6 is 11.6 Å². The molecule has 218 valence electrons. The molecule has 1 amide bonds. The van der Waals surface area contributed by atoms with E-state index in [1.807, 2.05) is 18.3 Å². The largest absolute Gasteiger partial charge is 1.00 e. The molecule has 2 aromatic rings. The van der Waals surface area contributed by atoms with Gasteiger partial charge < -0.3 is 48.8 Å². The van der Waals surface area contributed by atoms with E-state index in [0.717, 1.165) is 31.4 Å². The maximum absolute atomic E-state index is 11.8. The number of amides is 1. The SMILES string of the molecule is CC(C)(C)OC(=O)CNC(=O)OC[n+]1ccc(NC(=NCCCCCCOc2ccc(Cl)cc2)NC#N)cc1.[I-]. The number of carbonyl (C=O) groups excluding carboxylic acids is 2. The monoisotopic (exact) mass is 686 g/mol. The molecule has 3 N–H and O–H groups in total. The van der Waals surface area contributed by atoms with E-state index in [0.29, 0.717) is 29.8 Å². The Morgan fingerprint density at radius 1 is 1.05 bits per heavy atom. The van der Waals surface area contributed by atoms with Gasteiger partial charge in [0.05, 0.1) is 12.3 Å². The van der Waals surface area contributed by atoms with E-state index in [-0.39, 0.29) is 37.3 Å². The first-order chi connectivity index (χ1) is 18.6. The van der Waals surface area contributed by atoms with Crippen molar-refractivity contribution in [2.45, 2.75) is 58.8 Å². The average Bonchev–Trinajstić information content (AvgIpc) is 2.88. The molecule has 40 heavy (non-hydrogen) atoms. The van der Waals surface area contributed by atoms with Crippen LogP contribution in [0.2, 0.25) is 5.02 Å². The summed E-state index contributed by atoms with van der Waals surface area (Å²) in [6, 6.07) is 10.8. The Bertz CT molecular complexity index is 1120. The van der Waals surface area contributed by atoms with Crippen molar-refractivity contribution >= 4 is 35.3 Å². The Kier molecular flexibility index (Phi) is 16.4. The summed E-state index contributed by atoms with van der Waals surface area (Å²) in [6.45, 7) is 6.10. The van der Waals surface area contributed by atoms with E-state index in [2.05, 4.69) is 20.9 Å². The van der Waals surface area contributed by atoms with Gasteiger partial charge in [-0.25, -0.2) is 4.79 Å². The Hall–Kier alpha value is -3.31. The summed E-state index contributed by atoms with van der Waals surface area (Å²) >= 11 is 5.87. The molecule has 0 atom stereocenters. The van der Waals surface area contributed by atoms with Crippen LogP contribution < -0.4 is 49.2 Å².